The average Bonchev–Trinajstić information content (AvgIpc) is 2.49. The highest BCUT2D eigenvalue weighted by molar-refractivity contribution is 5.41. The summed E-state index contributed by atoms with van der Waals surface area (Å²) in [6.45, 7) is 12.8. The predicted octanol–water partition coefficient (Wildman–Crippen LogP) is 4.36. The summed E-state index contributed by atoms with van der Waals surface area (Å²) in [7, 11) is 0. The van der Waals surface area contributed by atoms with Gasteiger partial charge < -0.3 is 14.8 Å². The molecule has 0 radical (unpaired) electrons. The molecule has 1 aromatic carbocycles. The fourth-order valence-electron chi connectivity index (χ4n) is 2.08. The second kappa shape index (κ2) is 11.1. The molecule has 0 spiro atoms. The van der Waals surface area contributed by atoms with Crippen LogP contribution in [0.3, 0.4) is 0 Å². The Labute approximate surface area is 135 Å². The molecule has 124 valence electrons. The van der Waals surface area contributed by atoms with Crippen molar-refractivity contribution in [2.24, 2.45) is 0 Å². The maximum Gasteiger partial charge on any atom is 0.123 e. The second-order valence-electron chi connectivity index (χ2n) is 5.78. The largest absolute Gasteiger partial charge is 0.494 e. The number of rotatable bonds is 12. The first-order valence-electron chi connectivity index (χ1n) is 8.40. The monoisotopic (exact) mass is 305 g/mol. The molecule has 0 fully saturated rings. The Morgan fingerprint density at radius 2 is 1.95 bits per heavy atom. The van der Waals surface area contributed by atoms with E-state index < -0.39 is 0 Å². The zero-order valence-corrected chi connectivity index (χ0v) is 14.4. The first kappa shape index (κ1) is 18.6. The lowest BCUT2D eigenvalue weighted by atomic mass is 10.1. The van der Waals surface area contributed by atoms with Crippen LogP contribution in [0, 0.1) is 0 Å². The summed E-state index contributed by atoms with van der Waals surface area (Å²) in [6.07, 6.45) is 5.92. The first-order chi connectivity index (χ1) is 10.7. The lowest BCUT2D eigenvalue weighted by Crippen LogP contribution is -2.24. The fourth-order valence-corrected chi connectivity index (χ4v) is 2.08. The van der Waals surface area contributed by atoms with Crippen molar-refractivity contribution in [2.75, 3.05) is 19.8 Å². The molecule has 0 saturated heterocycles. The van der Waals surface area contributed by atoms with Crippen molar-refractivity contribution < 1.29 is 9.47 Å². The van der Waals surface area contributed by atoms with E-state index in [1.807, 2.05) is 18.2 Å². The van der Waals surface area contributed by atoms with Gasteiger partial charge >= 0.3 is 0 Å². The molecule has 3 heteroatoms. The topological polar surface area (TPSA) is 30.5 Å². The molecule has 22 heavy (non-hydrogen) atoms. The molecule has 1 rings (SSSR count). The van der Waals surface area contributed by atoms with E-state index in [0.717, 1.165) is 62.5 Å². The molecule has 0 saturated carbocycles. The highest BCUT2D eigenvalue weighted by atomic mass is 16.5. The van der Waals surface area contributed by atoms with Gasteiger partial charge in [0, 0.05) is 11.6 Å². The van der Waals surface area contributed by atoms with Crippen LogP contribution in [0.15, 0.2) is 30.9 Å². The molecular weight excluding hydrogens is 274 g/mol. The van der Waals surface area contributed by atoms with Gasteiger partial charge in [0.05, 0.1) is 13.2 Å². The van der Waals surface area contributed by atoms with Crippen molar-refractivity contribution >= 4 is 0 Å². The number of ether oxygens (including phenoxy) is 2. The van der Waals surface area contributed by atoms with E-state index in [1.165, 1.54) is 0 Å². The fraction of sp³-hybridized carbons (Fsp3) is 0.579. The van der Waals surface area contributed by atoms with E-state index in [9.17, 15) is 0 Å². The molecule has 0 atom stereocenters. The number of hydrogen-bond acceptors (Lipinski definition) is 3. The molecule has 0 aliphatic heterocycles. The molecule has 0 amide bonds. The van der Waals surface area contributed by atoms with Crippen molar-refractivity contribution in [2.45, 2.75) is 52.5 Å². The highest BCUT2D eigenvalue weighted by Gasteiger charge is 2.05. The standard InChI is InChI=1S/C19H31NO2/c1-5-7-13-21-18-10-11-19(17(15-18)9-6-2)22-14-8-12-20-16(3)4/h6,10-11,15-16,20H,2,5,7-9,12-14H2,1,3-4H3. The van der Waals surface area contributed by atoms with E-state index in [4.69, 9.17) is 9.47 Å². The average molecular weight is 305 g/mol. The van der Waals surface area contributed by atoms with Gasteiger partial charge in [0.2, 0.25) is 0 Å². The van der Waals surface area contributed by atoms with Crippen molar-refractivity contribution in [3.05, 3.63) is 36.4 Å². The number of hydrogen-bond donors (Lipinski definition) is 1. The van der Waals surface area contributed by atoms with Gasteiger partial charge in [-0.3, -0.25) is 0 Å². The van der Waals surface area contributed by atoms with Crippen LogP contribution in [0.25, 0.3) is 0 Å². The quantitative estimate of drug-likeness (QED) is 0.460. The van der Waals surface area contributed by atoms with Crippen molar-refractivity contribution in [1.29, 1.82) is 0 Å². The molecule has 0 aliphatic rings. The van der Waals surface area contributed by atoms with Crippen LogP contribution in [-0.4, -0.2) is 25.8 Å². The molecular formula is C19H31NO2. The minimum atomic E-state index is 0.524. The van der Waals surface area contributed by atoms with E-state index in [2.05, 4.69) is 38.7 Å². The lowest BCUT2D eigenvalue weighted by molar-refractivity contribution is 0.297. The second-order valence-corrected chi connectivity index (χ2v) is 5.78. The van der Waals surface area contributed by atoms with Crippen LogP contribution in [0.4, 0.5) is 0 Å². The highest BCUT2D eigenvalue weighted by Crippen LogP contribution is 2.25. The van der Waals surface area contributed by atoms with Crippen molar-refractivity contribution in [3.8, 4) is 11.5 Å². The van der Waals surface area contributed by atoms with Crippen LogP contribution >= 0.6 is 0 Å². The van der Waals surface area contributed by atoms with Gasteiger partial charge in [-0.25, -0.2) is 0 Å². The van der Waals surface area contributed by atoms with E-state index in [1.54, 1.807) is 0 Å². The molecule has 0 aliphatic carbocycles. The molecule has 1 N–H and O–H groups in total. The number of allylic oxidation sites excluding steroid dienone is 1. The normalized spacial score (nSPS) is 10.7. The summed E-state index contributed by atoms with van der Waals surface area (Å²) in [5.41, 5.74) is 1.14. The summed E-state index contributed by atoms with van der Waals surface area (Å²) >= 11 is 0. The van der Waals surface area contributed by atoms with Gasteiger partial charge in [-0.15, -0.1) is 6.58 Å². The molecule has 3 nitrogen and oxygen atoms in total. The van der Waals surface area contributed by atoms with E-state index in [0.29, 0.717) is 6.04 Å². The van der Waals surface area contributed by atoms with Crippen LogP contribution in [0.2, 0.25) is 0 Å². The zero-order valence-electron chi connectivity index (χ0n) is 14.4. The number of benzene rings is 1. The van der Waals surface area contributed by atoms with Crippen LogP contribution in [-0.2, 0) is 6.42 Å². The van der Waals surface area contributed by atoms with Gasteiger partial charge in [-0.05, 0) is 44.0 Å². The Morgan fingerprint density at radius 3 is 2.64 bits per heavy atom. The number of nitrogens with one attached hydrogen (secondary N) is 1. The molecule has 1 aromatic rings. The maximum atomic E-state index is 5.91. The minimum Gasteiger partial charge on any atom is -0.494 e. The third-order valence-corrected chi connectivity index (χ3v) is 3.29. The predicted molar refractivity (Wildman–Crippen MR) is 94.0 cm³/mol. The van der Waals surface area contributed by atoms with Crippen molar-refractivity contribution in [1.82, 2.24) is 5.32 Å². The molecule has 0 aromatic heterocycles. The SMILES string of the molecule is C=CCc1cc(OCCCC)ccc1OCCCNC(C)C. The summed E-state index contributed by atoms with van der Waals surface area (Å²) in [5, 5.41) is 3.39. The smallest absolute Gasteiger partial charge is 0.123 e. The van der Waals surface area contributed by atoms with Gasteiger partial charge in [-0.2, -0.15) is 0 Å². The molecule has 0 bridgehead atoms. The first-order valence-corrected chi connectivity index (χ1v) is 8.40. The van der Waals surface area contributed by atoms with Gasteiger partial charge in [-0.1, -0.05) is 33.3 Å². The van der Waals surface area contributed by atoms with Gasteiger partial charge in [0.25, 0.3) is 0 Å². The van der Waals surface area contributed by atoms with E-state index >= 15 is 0 Å². The molecule has 0 heterocycles. The van der Waals surface area contributed by atoms with E-state index in [-0.39, 0.29) is 0 Å². The minimum absolute atomic E-state index is 0.524. The molecule has 0 unspecified atom stereocenters. The Kier molecular flexibility index (Phi) is 9.40. The zero-order chi connectivity index (χ0) is 16.2. The Morgan fingerprint density at radius 1 is 1.18 bits per heavy atom. The van der Waals surface area contributed by atoms with Crippen LogP contribution in [0.5, 0.6) is 11.5 Å². The third kappa shape index (κ3) is 7.51. The Hall–Kier alpha value is -1.48. The van der Waals surface area contributed by atoms with Gasteiger partial charge in [0.1, 0.15) is 11.5 Å². The maximum absolute atomic E-state index is 5.91. The van der Waals surface area contributed by atoms with Crippen LogP contribution in [0.1, 0.15) is 45.6 Å². The Balaban J connectivity index is 2.51. The van der Waals surface area contributed by atoms with Crippen molar-refractivity contribution in [3.63, 3.8) is 0 Å². The Bertz CT molecular complexity index is 429. The summed E-state index contributed by atoms with van der Waals surface area (Å²) in [6, 6.07) is 6.59. The van der Waals surface area contributed by atoms with Crippen LogP contribution < -0.4 is 14.8 Å². The van der Waals surface area contributed by atoms with Gasteiger partial charge in [0.15, 0.2) is 0 Å². The third-order valence-electron chi connectivity index (χ3n) is 3.29. The summed E-state index contributed by atoms with van der Waals surface area (Å²) < 4.78 is 11.7. The number of unbranched alkanes of at least 4 members (excludes halogenated alkanes) is 1. The summed E-state index contributed by atoms with van der Waals surface area (Å²) in [5.74, 6) is 1.85. The lowest BCUT2D eigenvalue weighted by Gasteiger charge is -2.14. The summed E-state index contributed by atoms with van der Waals surface area (Å²) in [4.78, 5) is 0.